The molecule has 2 aromatic heterocycles. The van der Waals surface area contributed by atoms with Crippen molar-refractivity contribution in [2.24, 2.45) is 0 Å². The van der Waals surface area contributed by atoms with Gasteiger partial charge in [-0.15, -0.1) is 0 Å². The zero-order chi connectivity index (χ0) is 12.8. The van der Waals surface area contributed by atoms with Crippen LogP contribution in [0.4, 0.5) is 0 Å². The molecule has 4 rings (SSSR count). The van der Waals surface area contributed by atoms with Crippen LogP contribution >= 0.6 is 27.3 Å². The first-order valence-electron chi connectivity index (χ1n) is 5.94. The van der Waals surface area contributed by atoms with Crippen LogP contribution in [0.25, 0.3) is 26.4 Å². The number of hydrogen-bond acceptors (Lipinski definition) is 2. The molecule has 0 aliphatic carbocycles. The molecule has 0 spiro atoms. The minimum atomic E-state index is 1.02. The van der Waals surface area contributed by atoms with Gasteiger partial charge in [0, 0.05) is 16.2 Å². The monoisotopic (exact) mass is 328 g/mol. The molecule has 0 fully saturated rings. The summed E-state index contributed by atoms with van der Waals surface area (Å²) in [4.78, 5) is 5.75. The van der Waals surface area contributed by atoms with Gasteiger partial charge in [0.2, 0.25) is 0 Å². The molecule has 0 atom stereocenters. The molecule has 0 aliphatic heterocycles. The SMILES string of the molecule is Brc1ccc2c(c1)sc1nc(-c3ccccc3)cn12. The Labute approximate surface area is 122 Å². The van der Waals surface area contributed by atoms with E-state index < -0.39 is 0 Å². The lowest BCUT2D eigenvalue weighted by molar-refractivity contribution is 1.30. The van der Waals surface area contributed by atoms with E-state index in [2.05, 4.69) is 56.9 Å². The highest BCUT2D eigenvalue weighted by molar-refractivity contribution is 9.10. The van der Waals surface area contributed by atoms with E-state index in [-0.39, 0.29) is 0 Å². The number of imidazole rings is 1. The maximum absolute atomic E-state index is 4.72. The fourth-order valence-electron chi connectivity index (χ4n) is 2.22. The van der Waals surface area contributed by atoms with Crippen LogP contribution in [0.1, 0.15) is 0 Å². The molecule has 4 aromatic rings. The van der Waals surface area contributed by atoms with Crippen LogP contribution in [0.15, 0.2) is 59.2 Å². The van der Waals surface area contributed by atoms with Crippen LogP contribution in [0.3, 0.4) is 0 Å². The van der Waals surface area contributed by atoms with Gasteiger partial charge in [-0.05, 0) is 18.2 Å². The van der Waals surface area contributed by atoms with Crippen LogP contribution in [-0.2, 0) is 0 Å². The lowest BCUT2D eigenvalue weighted by atomic mass is 10.2. The Morgan fingerprint density at radius 3 is 2.74 bits per heavy atom. The second-order valence-corrected chi connectivity index (χ2v) is 6.28. The van der Waals surface area contributed by atoms with Crippen molar-refractivity contribution in [3.8, 4) is 11.3 Å². The molecule has 0 saturated heterocycles. The first-order valence-corrected chi connectivity index (χ1v) is 7.55. The third-order valence-electron chi connectivity index (χ3n) is 3.13. The normalized spacial score (nSPS) is 11.4. The van der Waals surface area contributed by atoms with E-state index in [1.165, 1.54) is 10.2 Å². The molecule has 2 heterocycles. The quantitative estimate of drug-likeness (QED) is 0.481. The van der Waals surface area contributed by atoms with Crippen molar-refractivity contribution in [1.29, 1.82) is 0 Å². The summed E-state index contributed by atoms with van der Waals surface area (Å²) >= 11 is 5.22. The van der Waals surface area contributed by atoms with Crippen molar-refractivity contribution in [2.45, 2.75) is 0 Å². The van der Waals surface area contributed by atoms with E-state index in [4.69, 9.17) is 4.98 Å². The van der Waals surface area contributed by atoms with Crippen LogP contribution in [0.2, 0.25) is 0 Å². The van der Waals surface area contributed by atoms with Crippen molar-refractivity contribution in [3.05, 3.63) is 59.2 Å². The third kappa shape index (κ3) is 1.79. The second kappa shape index (κ2) is 4.18. The van der Waals surface area contributed by atoms with Crippen LogP contribution in [-0.4, -0.2) is 9.38 Å². The van der Waals surface area contributed by atoms with Crippen molar-refractivity contribution in [1.82, 2.24) is 9.38 Å². The van der Waals surface area contributed by atoms with Gasteiger partial charge in [-0.3, -0.25) is 4.40 Å². The van der Waals surface area contributed by atoms with Gasteiger partial charge >= 0.3 is 0 Å². The Hall–Kier alpha value is -1.65. The van der Waals surface area contributed by atoms with E-state index in [9.17, 15) is 0 Å². The van der Waals surface area contributed by atoms with Gasteiger partial charge in [0.05, 0.1) is 15.9 Å². The van der Waals surface area contributed by atoms with Crippen LogP contribution < -0.4 is 0 Å². The second-order valence-electron chi connectivity index (χ2n) is 4.36. The number of nitrogens with zero attached hydrogens (tertiary/aromatic N) is 2. The number of aromatic nitrogens is 2. The molecular formula is C15H9BrN2S. The average molecular weight is 329 g/mol. The Balaban J connectivity index is 1.98. The van der Waals surface area contributed by atoms with Crippen LogP contribution in [0.5, 0.6) is 0 Å². The molecule has 2 nitrogen and oxygen atoms in total. The number of fused-ring (bicyclic) bond motifs is 3. The van der Waals surface area contributed by atoms with Crippen molar-refractivity contribution >= 4 is 42.4 Å². The number of thiazole rings is 1. The summed E-state index contributed by atoms with van der Waals surface area (Å²) in [5, 5.41) is 0. The fourth-order valence-corrected chi connectivity index (χ4v) is 3.78. The molecule has 0 bridgehead atoms. The number of benzene rings is 2. The van der Waals surface area contributed by atoms with Gasteiger partial charge in [0.25, 0.3) is 0 Å². The van der Waals surface area contributed by atoms with E-state index in [0.29, 0.717) is 0 Å². The predicted octanol–water partition coefficient (Wildman–Crippen LogP) is 4.98. The van der Waals surface area contributed by atoms with Crippen molar-refractivity contribution in [2.75, 3.05) is 0 Å². The van der Waals surface area contributed by atoms with Gasteiger partial charge < -0.3 is 0 Å². The Morgan fingerprint density at radius 1 is 1.05 bits per heavy atom. The largest absolute Gasteiger partial charge is 0.290 e. The summed E-state index contributed by atoms with van der Waals surface area (Å²) in [6.07, 6.45) is 2.11. The average Bonchev–Trinajstić information content (AvgIpc) is 2.96. The Kier molecular flexibility index (Phi) is 2.47. The highest BCUT2D eigenvalue weighted by atomic mass is 79.9. The van der Waals surface area contributed by atoms with Gasteiger partial charge in [-0.2, -0.15) is 0 Å². The summed E-state index contributed by atoms with van der Waals surface area (Å²) < 4.78 is 4.51. The molecule has 0 aliphatic rings. The molecule has 0 N–H and O–H groups in total. The molecule has 0 unspecified atom stereocenters. The third-order valence-corrected chi connectivity index (χ3v) is 4.64. The fraction of sp³-hybridized carbons (Fsp3) is 0. The standard InChI is InChI=1S/C15H9BrN2S/c16-11-6-7-13-14(8-11)19-15-17-12(9-18(13)15)10-4-2-1-3-5-10/h1-9H. The van der Waals surface area contributed by atoms with Gasteiger partial charge in [-0.25, -0.2) is 4.98 Å². The number of rotatable bonds is 1. The molecule has 0 saturated carbocycles. The highest BCUT2D eigenvalue weighted by Gasteiger charge is 2.09. The van der Waals surface area contributed by atoms with Crippen molar-refractivity contribution in [3.63, 3.8) is 0 Å². The lowest BCUT2D eigenvalue weighted by Gasteiger charge is -1.94. The number of hydrogen-bond donors (Lipinski definition) is 0. The maximum atomic E-state index is 4.72. The minimum absolute atomic E-state index is 1.02. The molecule has 2 aromatic carbocycles. The maximum Gasteiger partial charge on any atom is 0.195 e. The highest BCUT2D eigenvalue weighted by Crippen LogP contribution is 2.31. The first-order chi connectivity index (χ1) is 9.31. The van der Waals surface area contributed by atoms with Crippen molar-refractivity contribution < 1.29 is 0 Å². The zero-order valence-corrected chi connectivity index (χ0v) is 12.3. The molecule has 92 valence electrons. The smallest absolute Gasteiger partial charge is 0.195 e. The zero-order valence-electron chi connectivity index (χ0n) is 9.88. The molecular weight excluding hydrogens is 320 g/mol. The summed E-state index contributed by atoms with van der Waals surface area (Å²) in [7, 11) is 0. The van der Waals surface area contributed by atoms with Gasteiger partial charge in [0.1, 0.15) is 0 Å². The summed E-state index contributed by atoms with van der Waals surface area (Å²) in [6.45, 7) is 0. The van der Waals surface area contributed by atoms with Gasteiger partial charge in [0.15, 0.2) is 4.96 Å². The first kappa shape index (κ1) is 11.2. The molecule has 4 heteroatoms. The lowest BCUT2D eigenvalue weighted by Crippen LogP contribution is -1.77. The summed E-state index contributed by atoms with van der Waals surface area (Å²) in [5.74, 6) is 0. The van der Waals surface area contributed by atoms with E-state index in [1.54, 1.807) is 11.3 Å². The van der Waals surface area contributed by atoms with Gasteiger partial charge in [-0.1, -0.05) is 57.6 Å². The van der Waals surface area contributed by atoms with E-state index in [0.717, 1.165) is 20.7 Å². The topological polar surface area (TPSA) is 17.3 Å². The van der Waals surface area contributed by atoms with E-state index >= 15 is 0 Å². The Bertz CT molecular complexity index is 877. The summed E-state index contributed by atoms with van der Waals surface area (Å²) in [6, 6.07) is 16.6. The Morgan fingerprint density at radius 2 is 1.89 bits per heavy atom. The van der Waals surface area contributed by atoms with Crippen LogP contribution in [0, 0.1) is 0 Å². The molecule has 19 heavy (non-hydrogen) atoms. The van der Waals surface area contributed by atoms with E-state index in [1.807, 2.05) is 18.2 Å². The molecule has 0 amide bonds. The summed E-state index contributed by atoms with van der Waals surface area (Å²) in [5.41, 5.74) is 3.39. The molecule has 0 radical (unpaired) electrons. The minimum Gasteiger partial charge on any atom is -0.290 e. The predicted molar refractivity (Wildman–Crippen MR) is 83.7 cm³/mol. The number of halogens is 1.